The Labute approximate surface area is 117 Å². The van der Waals surface area contributed by atoms with Gasteiger partial charge in [-0.3, -0.25) is 9.59 Å². The molecule has 112 valence electrons. The Morgan fingerprint density at radius 3 is 2.50 bits per heavy atom. The molecule has 1 aromatic rings. The maximum Gasteiger partial charge on any atom is 0.307 e. The second-order valence-corrected chi connectivity index (χ2v) is 5.83. The number of esters is 1. The zero-order valence-corrected chi connectivity index (χ0v) is 12.3. The summed E-state index contributed by atoms with van der Waals surface area (Å²) in [6.07, 6.45) is 1.32. The third-order valence-electron chi connectivity index (χ3n) is 2.75. The van der Waals surface area contributed by atoms with Gasteiger partial charge in [-0.1, -0.05) is 0 Å². The van der Waals surface area contributed by atoms with E-state index < -0.39 is 21.9 Å². The van der Waals surface area contributed by atoms with Crippen LogP contribution in [0.15, 0.2) is 17.2 Å². The summed E-state index contributed by atoms with van der Waals surface area (Å²) < 4.78 is 28.3. The van der Waals surface area contributed by atoms with E-state index in [1.54, 1.807) is 0 Å². The minimum atomic E-state index is -3.86. The maximum atomic E-state index is 12.1. The number of primary sulfonamides is 1. The van der Waals surface area contributed by atoms with Crippen molar-refractivity contribution in [1.82, 2.24) is 9.47 Å². The number of aromatic nitrogens is 1. The topological polar surface area (TPSA) is 112 Å². The molecule has 0 radical (unpaired) electrons. The number of sulfonamides is 1. The summed E-state index contributed by atoms with van der Waals surface area (Å²) in [5.41, 5.74) is 0.168. The van der Waals surface area contributed by atoms with Gasteiger partial charge >= 0.3 is 5.97 Å². The Kier molecular flexibility index (Phi) is 4.90. The van der Waals surface area contributed by atoms with Crippen molar-refractivity contribution in [2.75, 3.05) is 20.7 Å². The number of nitrogens with two attached hydrogens (primary N) is 1. The molecule has 2 N–H and O–H groups in total. The third kappa shape index (κ3) is 3.81. The monoisotopic (exact) mass is 303 g/mol. The van der Waals surface area contributed by atoms with E-state index in [4.69, 9.17) is 5.14 Å². The van der Waals surface area contributed by atoms with Crippen LogP contribution in [0.2, 0.25) is 0 Å². The molecule has 0 aliphatic rings. The first-order valence-corrected chi connectivity index (χ1v) is 7.23. The van der Waals surface area contributed by atoms with Crippen molar-refractivity contribution in [1.29, 1.82) is 0 Å². The molecule has 0 aromatic carbocycles. The van der Waals surface area contributed by atoms with Gasteiger partial charge in [0.05, 0.1) is 13.5 Å². The lowest BCUT2D eigenvalue weighted by atomic mass is 10.3. The summed E-state index contributed by atoms with van der Waals surface area (Å²) in [5, 5.41) is 5.00. The van der Waals surface area contributed by atoms with E-state index in [1.807, 2.05) is 0 Å². The molecule has 0 atom stereocenters. The summed E-state index contributed by atoms with van der Waals surface area (Å²) >= 11 is 0. The predicted octanol–water partition coefficient (Wildman–Crippen LogP) is -0.692. The molecular formula is C11H17N3O5S. The largest absolute Gasteiger partial charge is 0.469 e. The van der Waals surface area contributed by atoms with Crippen LogP contribution in [0.3, 0.4) is 0 Å². The molecule has 0 spiro atoms. The normalized spacial score (nSPS) is 11.2. The maximum absolute atomic E-state index is 12.1. The average molecular weight is 303 g/mol. The molecule has 8 nitrogen and oxygen atoms in total. The molecule has 1 heterocycles. The van der Waals surface area contributed by atoms with Gasteiger partial charge in [0.25, 0.3) is 5.91 Å². The molecule has 1 amide bonds. The number of hydrogen-bond donors (Lipinski definition) is 1. The molecular weight excluding hydrogens is 286 g/mol. The fourth-order valence-electron chi connectivity index (χ4n) is 1.56. The van der Waals surface area contributed by atoms with Gasteiger partial charge in [0.15, 0.2) is 0 Å². The molecule has 20 heavy (non-hydrogen) atoms. The summed E-state index contributed by atoms with van der Waals surface area (Å²) in [4.78, 5) is 24.3. The zero-order valence-electron chi connectivity index (χ0n) is 11.5. The molecule has 1 aromatic heterocycles. The van der Waals surface area contributed by atoms with Crippen LogP contribution in [0.5, 0.6) is 0 Å². The van der Waals surface area contributed by atoms with Gasteiger partial charge in [-0.05, 0) is 6.07 Å². The number of rotatable bonds is 5. The minimum Gasteiger partial charge on any atom is -0.469 e. The van der Waals surface area contributed by atoms with Crippen molar-refractivity contribution in [2.45, 2.75) is 11.3 Å². The smallest absolute Gasteiger partial charge is 0.307 e. The molecule has 9 heteroatoms. The number of nitrogens with zero attached hydrogens (tertiary/aromatic N) is 2. The predicted molar refractivity (Wildman–Crippen MR) is 70.4 cm³/mol. The highest BCUT2D eigenvalue weighted by molar-refractivity contribution is 7.89. The number of methoxy groups -OCH3 is 1. The van der Waals surface area contributed by atoms with Crippen molar-refractivity contribution < 1.29 is 22.7 Å². The van der Waals surface area contributed by atoms with E-state index in [0.717, 1.165) is 0 Å². The quantitative estimate of drug-likeness (QED) is 0.723. The third-order valence-corrected chi connectivity index (χ3v) is 3.63. The minimum absolute atomic E-state index is 0.0607. The van der Waals surface area contributed by atoms with Crippen LogP contribution in [0, 0.1) is 0 Å². The summed E-state index contributed by atoms with van der Waals surface area (Å²) in [7, 11) is 0.451. The number of hydrogen-bond acceptors (Lipinski definition) is 5. The SMILES string of the molecule is COC(=O)CCN(C)C(=O)c1cc(S(N)(=O)=O)cn1C. The van der Waals surface area contributed by atoms with Crippen LogP contribution in [0.25, 0.3) is 0 Å². The highest BCUT2D eigenvalue weighted by atomic mass is 32.2. The van der Waals surface area contributed by atoms with Gasteiger partial charge in [0.2, 0.25) is 10.0 Å². The van der Waals surface area contributed by atoms with Crippen molar-refractivity contribution >= 4 is 21.9 Å². The van der Waals surface area contributed by atoms with Crippen molar-refractivity contribution in [3.63, 3.8) is 0 Å². The number of amides is 1. The molecule has 0 fully saturated rings. The van der Waals surface area contributed by atoms with Gasteiger partial charge in [0, 0.05) is 26.8 Å². The Morgan fingerprint density at radius 1 is 1.45 bits per heavy atom. The van der Waals surface area contributed by atoms with E-state index in [1.165, 1.54) is 42.9 Å². The lowest BCUT2D eigenvalue weighted by Gasteiger charge is -2.16. The van der Waals surface area contributed by atoms with Gasteiger partial charge in [-0.2, -0.15) is 0 Å². The molecule has 1 rings (SSSR count). The van der Waals surface area contributed by atoms with Crippen LogP contribution < -0.4 is 5.14 Å². The number of carbonyl (C=O) groups excluding carboxylic acids is 2. The average Bonchev–Trinajstić information content (AvgIpc) is 2.76. The molecule has 0 bridgehead atoms. The van der Waals surface area contributed by atoms with Crippen molar-refractivity contribution in [2.24, 2.45) is 12.2 Å². The lowest BCUT2D eigenvalue weighted by Crippen LogP contribution is -2.30. The standard InChI is InChI=1S/C11H17N3O5S/c1-13(5-4-10(15)19-3)11(16)9-6-8(7-14(9)2)20(12,17)18/h6-7H,4-5H2,1-3H3,(H2,12,17,18). The van der Waals surface area contributed by atoms with Gasteiger partial charge in [0.1, 0.15) is 10.6 Å². The Bertz CT molecular complexity index is 620. The first-order valence-electron chi connectivity index (χ1n) is 5.68. The number of aryl methyl sites for hydroxylation is 1. The first kappa shape index (κ1) is 16.2. The van der Waals surface area contributed by atoms with Crippen LogP contribution in [0.1, 0.15) is 16.9 Å². The fourth-order valence-corrected chi connectivity index (χ4v) is 2.14. The van der Waals surface area contributed by atoms with Gasteiger partial charge in [-0.15, -0.1) is 0 Å². The summed E-state index contributed by atoms with van der Waals surface area (Å²) in [6.45, 7) is 0.168. The first-order chi connectivity index (χ1) is 9.16. The van der Waals surface area contributed by atoms with E-state index in [0.29, 0.717) is 0 Å². The van der Waals surface area contributed by atoms with E-state index in [9.17, 15) is 18.0 Å². The second-order valence-electron chi connectivity index (χ2n) is 4.27. The van der Waals surface area contributed by atoms with Crippen LogP contribution in [-0.4, -0.2) is 50.5 Å². The lowest BCUT2D eigenvalue weighted by molar-refractivity contribution is -0.140. The Hall–Kier alpha value is -1.87. The van der Waals surface area contributed by atoms with E-state index >= 15 is 0 Å². The molecule has 0 saturated carbocycles. The Balaban J connectivity index is 2.87. The molecule has 0 unspecified atom stereocenters. The molecule has 0 saturated heterocycles. The van der Waals surface area contributed by atoms with Crippen LogP contribution in [-0.2, 0) is 26.6 Å². The van der Waals surface area contributed by atoms with Crippen LogP contribution >= 0.6 is 0 Å². The van der Waals surface area contributed by atoms with E-state index in [2.05, 4.69) is 4.74 Å². The second kappa shape index (κ2) is 6.06. The summed E-state index contributed by atoms with van der Waals surface area (Å²) in [6, 6.07) is 1.20. The Morgan fingerprint density at radius 2 is 2.05 bits per heavy atom. The van der Waals surface area contributed by atoms with Crippen LogP contribution in [0.4, 0.5) is 0 Å². The van der Waals surface area contributed by atoms with Gasteiger partial charge < -0.3 is 14.2 Å². The van der Waals surface area contributed by atoms with Crippen molar-refractivity contribution in [3.8, 4) is 0 Å². The van der Waals surface area contributed by atoms with Gasteiger partial charge in [-0.25, -0.2) is 13.6 Å². The fraction of sp³-hybridized carbons (Fsp3) is 0.455. The molecule has 0 aliphatic heterocycles. The zero-order chi connectivity index (χ0) is 15.5. The number of ether oxygens (including phenoxy) is 1. The highest BCUT2D eigenvalue weighted by Crippen LogP contribution is 2.13. The molecule has 0 aliphatic carbocycles. The van der Waals surface area contributed by atoms with E-state index in [-0.39, 0.29) is 23.6 Å². The summed E-state index contributed by atoms with van der Waals surface area (Å²) in [5.74, 6) is -0.840. The highest BCUT2D eigenvalue weighted by Gasteiger charge is 2.20. The van der Waals surface area contributed by atoms with Crippen molar-refractivity contribution in [3.05, 3.63) is 18.0 Å². The number of carbonyl (C=O) groups is 2.